The van der Waals surface area contributed by atoms with Gasteiger partial charge >= 0.3 is 0 Å². The first-order chi connectivity index (χ1) is 9.15. The fraction of sp³-hybridized carbons (Fsp3) is 0.500. The van der Waals surface area contributed by atoms with Crippen LogP contribution in [0.3, 0.4) is 0 Å². The highest BCUT2D eigenvalue weighted by Gasteiger charge is 2.26. The van der Waals surface area contributed by atoms with E-state index >= 15 is 0 Å². The van der Waals surface area contributed by atoms with Crippen molar-refractivity contribution < 1.29 is 4.74 Å². The Bertz CT molecular complexity index is 499. The maximum atomic E-state index is 9.09. The van der Waals surface area contributed by atoms with Gasteiger partial charge in [0.05, 0.1) is 23.6 Å². The van der Waals surface area contributed by atoms with E-state index in [1.807, 2.05) is 12.1 Å². The van der Waals surface area contributed by atoms with Gasteiger partial charge in [-0.2, -0.15) is 5.26 Å². The first kappa shape index (κ1) is 14.8. The normalized spacial score (nSPS) is 22.2. The molecule has 0 spiro atoms. The smallest absolute Gasteiger partial charge is 0.137 e. The lowest BCUT2D eigenvalue weighted by atomic mass is 10.1. The van der Waals surface area contributed by atoms with Crippen molar-refractivity contribution in [1.82, 2.24) is 5.32 Å². The van der Waals surface area contributed by atoms with Crippen LogP contribution in [0.4, 0.5) is 0 Å². The molecule has 102 valence electrons. The highest BCUT2D eigenvalue weighted by atomic mass is 79.9. The van der Waals surface area contributed by atoms with Crippen molar-refractivity contribution >= 4 is 31.9 Å². The molecule has 0 radical (unpaired) electrons. The molecule has 1 aliphatic carbocycles. The third-order valence-corrected chi connectivity index (χ3v) is 4.57. The van der Waals surface area contributed by atoms with E-state index in [4.69, 9.17) is 10.00 Å². The summed E-state index contributed by atoms with van der Waals surface area (Å²) in [7, 11) is 1.67. The largest absolute Gasteiger partial charge is 0.495 e. The van der Waals surface area contributed by atoms with Gasteiger partial charge in [-0.15, -0.1) is 0 Å². The molecule has 1 aromatic rings. The summed E-state index contributed by atoms with van der Waals surface area (Å²) in [6, 6.07) is 6.70. The van der Waals surface area contributed by atoms with Crippen LogP contribution in [0, 0.1) is 17.2 Å². The standard InChI is InChI=1S/C14H16Br2N2O/c1-19-14-10(5-11(15)6-12(14)16)8-18-13-4-2-3-9(13)7-17/h5-6,9,13,18H,2-4,8H2,1H3. The Labute approximate surface area is 130 Å². The molecule has 0 aliphatic heterocycles. The van der Waals surface area contributed by atoms with Gasteiger partial charge in [-0.25, -0.2) is 0 Å². The summed E-state index contributed by atoms with van der Waals surface area (Å²) in [5.41, 5.74) is 1.09. The number of benzene rings is 1. The number of ether oxygens (including phenoxy) is 1. The molecule has 5 heteroatoms. The molecular formula is C14H16Br2N2O. The fourth-order valence-corrected chi connectivity index (χ4v) is 4.05. The van der Waals surface area contributed by atoms with E-state index in [0.29, 0.717) is 12.6 Å². The summed E-state index contributed by atoms with van der Waals surface area (Å²) < 4.78 is 7.38. The van der Waals surface area contributed by atoms with E-state index in [-0.39, 0.29) is 5.92 Å². The second-order valence-corrected chi connectivity index (χ2v) is 6.50. The topological polar surface area (TPSA) is 45.0 Å². The van der Waals surface area contributed by atoms with E-state index in [1.54, 1.807) is 7.11 Å². The molecule has 0 aromatic heterocycles. The number of nitrogens with zero attached hydrogens (tertiary/aromatic N) is 1. The monoisotopic (exact) mass is 386 g/mol. The lowest BCUT2D eigenvalue weighted by molar-refractivity contribution is 0.399. The minimum absolute atomic E-state index is 0.140. The van der Waals surface area contributed by atoms with Gasteiger partial charge in [0.2, 0.25) is 0 Å². The van der Waals surface area contributed by atoms with Crippen LogP contribution in [0.15, 0.2) is 21.1 Å². The fourth-order valence-electron chi connectivity index (χ4n) is 2.57. The molecular weight excluding hydrogens is 372 g/mol. The van der Waals surface area contributed by atoms with Crippen LogP contribution >= 0.6 is 31.9 Å². The van der Waals surface area contributed by atoms with Crippen molar-refractivity contribution in [1.29, 1.82) is 5.26 Å². The molecule has 1 fully saturated rings. The Morgan fingerprint density at radius 3 is 2.89 bits per heavy atom. The molecule has 2 rings (SSSR count). The summed E-state index contributed by atoms with van der Waals surface area (Å²) in [6.45, 7) is 0.712. The van der Waals surface area contributed by atoms with Gasteiger partial charge in [0.15, 0.2) is 0 Å². The molecule has 2 unspecified atom stereocenters. The van der Waals surface area contributed by atoms with Gasteiger partial charge in [0.25, 0.3) is 0 Å². The summed E-state index contributed by atoms with van der Waals surface area (Å²) in [6.07, 6.45) is 3.22. The lowest BCUT2D eigenvalue weighted by Crippen LogP contribution is -2.31. The first-order valence-electron chi connectivity index (χ1n) is 6.30. The second kappa shape index (κ2) is 6.74. The van der Waals surface area contributed by atoms with Gasteiger partial charge in [0, 0.05) is 22.6 Å². The van der Waals surface area contributed by atoms with Crippen molar-refractivity contribution in [3.8, 4) is 11.8 Å². The zero-order valence-electron chi connectivity index (χ0n) is 10.7. The summed E-state index contributed by atoms with van der Waals surface area (Å²) in [5.74, 6) is 0.990. The Hall–Kier alpha value is -0.570. The Kier molecular flexibility index (Phi) is 5.26. The molecule has 0 heterocycles. The number of hydrogen-bond donors (Lipinski definition) is 1. The van der Waals surface area contributed by atoms with Crippen molar-refractivity contribution in [2.24, 2.45) is 5.92 Å². The molecule has 1 aromatic carbocycles. The highest BCUT2D eigenvalue weighted by molar-refractivity contribution is 9.11. The number of rotatable bonds is 4. The van der Waals surface area contributed by atoms with E-state index in [9.17, 15) is 0 Å². The van der Waals surface area contributed by atoms with Gasteiger partial charge < -0.3 is 10.1 Å². The molecule has 0 saturated heterocycles. The second-order valence-electron chi connectivity index (χ2n) is 4.73. The van der Waals surface area contributed by atoms with Gasteiger partial charge in [0.1, 0.15) is 5.75 Å². The summed E-state index contributed by atoms with van der Waals surface area (Å²) in [4.78, 5) is 0. The van der Waals surface area contributed by atoms with Crippen LogP contribution in [-0.2, 0) is 6.54 Å². The Morgan fingerprint density at radius 2 is 2.21 bits per heavy atom. The molecule has 1 N–H and O–H groups in total. The van der Waals surface area contributed by atoms with Crippen LogP contribution in [-0.4, -0.2) is 13.2 Å². The van der Waals surface area contributed by atoms with E-state index in [2.05, 4.69) is 43.2 Å². The Morgan fingerprint density at radius 1 is 1.42 bits per heavy atom. The molecule has 1 saturated carbocycles. The number of methoxy groups -OCH3 is 1. The zero-order chi connectivity index (χ0) is 13.8. The maximum absolute atomic E-state index is 9.09. The number of nitriles is 1. The van der Waals surface area contributed by atoms with E-state index in [1.165, 1.54) is 0 Å². The van der Waals surface area contributed by atoms with Gasteiger partial charge in [-0.05, 0) is 40.9 Å². The minimum Gasteiger partial charge on any atom is -0.495 e. The predicted molar refractivity (Wildman–Crippen MR) is 82.0 cm³/mol. The van der Waals surface area contributed by atoms with Gasteiger partial charge in [-0.1, -0.05) is 22.4 Å². The van der Waals surface area contributed by atoms with Crippen LogP contribution in [0.5, 0.6) is 5.75 Å². The Balaban J connectivity index is 2.09. The SMILES string of the molecule is COc1c(Br)cc(Br)cc1CNC1CCCC1C#N. The zero-order valence-corrected chi connectivity index (χ0v) is 13.9. The predicted octanol–water partition coefficient (Wildman–Crippen LogP) is 4.00. The lowest BCUT2D eigenvalue weighted by Gasteiger charge is -2.17. The number of nitrogens with one attached hydrogen (secondary N) is 1. The van der Waals surface area contributed by atoms with E-state index in [0.717, 1.165) is 39.5 Å². The minimum atomic E-state index is 0.140. The highest BCUT2D eigenvalue weighted by Crippen LogP contribution is 2.33. The van der Waals surface area contributed by atoms with Crippen molar-refractivity contribution in [3.05, 3.63) is 26.6 Å². The third-order valence-electron chi connectivity index (χ3n) is 3.53. The van der Waals surface area contributed by atoms with Crippen molar-refractivity contribution in [2.75, 3.05) is 7.11 Å². The first-order valence-corrected chi connectivity index (χ1v) is 7.89. The van der Waals surface area contributed by atoms with E-state index < -0.39 is 0 Å². The number of hydrogen-bond acceptors (Lipinski definition) is 3. The van der Waals surface area contributed by atoms with Crippen LogP contribution in [0.1, 0.15) is 24.8 Å². The molecule has 1 aliphatic rings. The van der Waals surface area contributed by atoms with Crippen LogP contribution < -0.4 is 10.1 Å². The average Bonchev–Trinajstić information content (AvgIpc) is 2.83. The quantitative estimate of drug-likeness (QED) is 0.848. The van der Waals surface area contributed by atoms with Crippen LogP contribution in [0.2, 0.25) is 0 Å². The maximum Gasteiger partial charge on any atom is 0.137 e. The molecule has 3 nitrogen and oxygen atoms in total. The van der Waals surface area contributed by atoms with Crippen molar-refractivity contribution in [2.45, 2.75) is 31.8 Å². The average molecular weight is 388 g/mol. The molecule has 19 heavy (non-hydrogen) atoms. The molecule has 0 amide bonds. The molecule has 2 atom stereocenters. The van der Waals surface area contributed by atoms with Crippen molar-refractivity contribution in [3.63, 3.8) is 0 Å². The van der Waals surface area contributed by atoms with Gasteiger partial charge in [-0.3, -0.25) is 0 Å². The number of halogens is 2. The van der Waals surface area contributed by atoms with Crippen LogP contribution in [0.25, 0.3) is 0 Å². The summed E-state index contributed by atoms with van der Waals surface area (Å²) in [5, 5.41) is 12.6. The third kappa shape index (κ3) is 3.50. The summed E-state index contributed by atoms with van der Waals surface area (Å²) >= 11 is 6.99. The molecule has 0 bridgehead atoms.